The fourth-order valence-corrected chi connectivity index (χ4v) is 1.68. The Hall–Kier alpha value is -1.71. The van der Waals surface area contributed by atoms with Crippen LogP contribution in [0.1, 0.15) is 13.3 Å². The van der Waals surface area contributed by atoms with Crippen molar-refractivity contribution in [1.82, 2.24) is 10.3 Å². The predicted molar refractivity (Wildman–Crippen MR) is 64.5 cm³/mol. The lowest BCUT2D eigenvalue weighted by Gasteiger charge is -2.18. The molecule has 0 bridgehead atoms. The third-order valence-electron chi connectivity index (χ3n) is 2.43. The first kappa shape index (κ1) is 10.8. The fourth-order valence-electron chi connectivity index (χ4n) is 1.68. The SMILES string of the molecule is CCOc1cncc(N2C=CNCCC2)c1. The molecule has 4 nitrogen and oxygen atoms in total. The van der Waals surface area contributed by atoms with Crippen molar-refractivity contribution in [3.05, 3.63) is 30.9 Å². The van der Waals surface area contributed by atoms with E-state index in [1.807, 2.05) is 31.6 Å². The van der Waals surface area contributed by atoms with Crippen molar-refractivity contribution >= 4 is 5.69 Å². The molecule has 0 amide bonds. The van der Waals surface area contributed by atoms with Crippen molar-refractivity contribution in [2.24, 2.45) is 0 Å². The minimum Gasteiger partial charge on any atom is -0.492 e. The van der Waals surface area contributed by atoms with E-state index in [4.69, 9.17) is 4.74 Å². The third-order valence-corrected chi connectivity index (χ3v) is 2.43. The van der Waals surface area contributed by atoms with Crippen LogP contribution in [0, 0.1) is 0 Å². The summed E-state index contributed by atoms with van der Waals surface area (Å²) in [6.07, 6.45) is 8.73. The first-order valence-corrected chi connectivity index (χ1v) is 5.64. The predicted octanol–water partition coefficient (Wildman–Crippen LogP) is 1.75. The van der Waals surface area contributed by atoms with Crippen LogP contribution < -0.4 is 15.0 Å². The molecule has 1 aliphatic heterocycles. The van der Waals surface area contributed by atoms with Gasteiger partial charge in [-0.3, -0.25) is 4.98 Å². The molecule has 1 aromatic rings. The summed E-state index contributed by atoms with van der Waals surface area (Å²) in [6.45, 7) is 4.66. The minimum absolute atomic E-state index is 0.669. The molecular formula is C12H17N3O. The van der Waals surface area contributed by atoms with Gasteiger partial charge in [-0.2, -0.15) is 0 Å². The van der Waals surface area contributed by atoms with E-state index in [1.165, 1.54) is 0 Å². The summed E-state index contributed by atoms with van der Waals surface area (Å²) in [5, 5.41) is 3.21. The molecule has 86 valence electrons. The van der Waals surface area contributed by atoms with Crippen LogP contribution in [-0.4, -0.2) is 24.7 Å². The molecule has 0 saturated heterocycles. The standard InChI is InChI=1S/C12H17N3O/c1-2-16-12-8-11(9-14-10-12)15-6-3-4-13-5-7-15/h5,7-10,13H,2-4,6H2,1H3. The largest absolute Gasteiger partial charge is 0.492 e. The van der Waals surface area contributed by atoms with Crippen molar-refractivity contribution in [3.63, 3.8) is 0 Å². The first-order chi connectivity index (χ1) is 7.90. The van der Waals surface area contributed by atoms with Gasteiger partial charge < -0.3 is 15.0 Å². The quantitative estimate of drug-likeness (QED) is 0.840. The normalized spacial score (nSPS) is 15.4. The smallest absolute Gasteiger partial charge is 0.139 e. The first-order valence-electron chi connectivity index (χ1n) is 5.64. The van der Waals surface area contributed by atoms with E-state index in [1.54, 1.807) is 6.20 Å². The van der Waals surface area contributed by atoms with E-state index in [-0.39, 0.29) is 0 Å². The minimum atomic E-state index is 0.669. The average Bonchev–Trinajstić information content (AvgIpc) is 2.58. The molecular weight excluding hydrogens is 202 g/mol. The summed E-state index contributed by atoms with van der Waals surface area (Å²) in [6, 6.07) is 2.02. The van der Waals surface area contributed by atoms with E-state index >= 15 is 0 Å². The monoisotopic (exact) mass is 219 g/mol. The maximum absolute atomic E-state index is 5.44. The van der Waals surface area contributed by atoms with Gasteiger partial charge in [0.25, 0.3) is 0 Å². The number of aromatic nitrogens is 1. The second-order valence-electron chi connectivity index (χ2n) is 3.63. The van der Waals surface area contributed by atoms with Crippen LogP contribution in [0.5, 0.6) is 5.75 Å². The van der Waals surface area contributed by atoms with E-state index in [0.717, 1.165) is 30.9 Å². The van der Waals surface area contributed by atoms with Gasteiger partial charge in [0.2, 0.25) is 0 Å². The summed E-state index contributed by atoms with van der Waals surface area (Å²) in [5.41, 5.74) is 1.07. The van der Waals surface area contributed by atoms with Crippen LogP contribution in [0.15, 0.2) is 30.9 Å². The van der Waals surface area contributed by atoms with Crippen molar-refractivity contribution in [2.75, 3.05) is 24.6 Å². The van der Waals surface area contributed by atoms with Crippen LogP contribution in [0.2, 0.25) is 0 Å². The molecule has 0 atom stereocenters. The van der Waals surface area contributed by atoms with Crippen molar-refractivity contribution in [2.45, 2.75) is 13.3 Å². The Bertz CT molecular complexity index is 365. The zero-order valence-electron chi connectivity index (χ0n) is 9.52. The molecule has 0 unspecified atom stereocenters. The van der Waals surface area contributed by atoms with Crippen LogP contribution >= 0.6 is 0 Å². The van der Waals surface area contributed by atoms with E-state index in [2.05, 4.69) is 15.2 Å². The number of nitrogens with zero attached hydrogens (tertiary/aromatic N) is 2. The number of anilines is 1. The number of ether oxygens (including phenoxy) is 1. The maximum Gasteiger partial charge on any atom is 0.139 e. The Morgan fingerprint density at radius 2 is 2.44 bits per heavy atom. The summed E-state index contributed by atoms with van der Waals surface area (Å²) in [7, 11) is 0. The second-order valence-corrected chi connectivity index (χ2v) is 3.63. The van der Waals surface area contributed by atoms with Gasteiger partial charge in [-0.05, 0) is 13.3 Å². The maximum atomic E-state index is 5.44. The summed E-state index contributed by atoms with van der Waals surface area (Å²) in [5.74, 6) is 0.825. The van der Waals surface area contributed by atoms with Gasteiger partial charge in [0, 0.05) is 31.6 Å². The van der Waals surface area contributed by atoms with Gasteiger partial charge in [0.05, 0.1) is 24.7 Å². The molecule has 16 heavy (non-hydrogen) atoms. The molecule has 0 fully saturated rings. The number of pyridine rings is 1. The van der Waals surface area contributed by atoms with Crippen molar-refractivity contribution in [3.8, 4) is 5.75 Å². The lowest BCUT2D eigenvalue weighted by molar-refractivity contribution is 0.339. The Balaban J connectivity index is 2.15. The van der Waals surface area contributed by atoms with Crippen LogP contribution in [-0.2, 0) is 0 Å². The van der Waals surface area contributed by atoms with Crippen LogP contribution in [0.4, 0.5) is 5.69 Å². The zero-order chi connectivity index (χ0) is 11.2. The highest BCUT2D eigenvalue weighted by Crippen LogP contribution is 2.20. The van der Waals surface area contributed by atoms with Gasteiger partial charge in [0.1, 0.15) is 5.75 Å². The number of nitrogens with one attached hydrogen (secondary N) is 1. The van der Waals surface area contributed by atoms with Crippen LogP contribution in [0.25, 0.3) is 0 Å². The highest BCUT2D eigenvalue weighted by molar-refractivity contribution is 5.50. The van der Waals surface area contributed by atoms with E-state index < -0.39 is 0 Å². The highest BCUT2D eigenvalue weighted by atomic mass is 16.5. The Morgan fingerprint density at radius 3 is 3.31 bits per heavy atom. The molecule has 1 aliphatic rings. The average molecular weight is 219 g/mol. The summed E-state index contributed by atoms with van der Waals surface area (Å²) < 4.78 is 5.44. The lowest BCUT2D eigenvalue weighted by atomic mass is 10.3. The molecule has 2 rings (SSSR count). The number of hydrogen-bond donors (Lipinski definition) is 1. The van der Waals surface area contributed by atoms with Crippen molar-refractivity contribution in [1.29, 1.82) is 0 Å². The van der Waals surface area contributed by atoms with Crippen molar-refractivity contribution < 1.29 is 4.74 Å². The van der Waals surface area contributed by atoms with E-state index in [9.17, 15) is 0 Å². The molecule has 2 heterocycles. The number of hydrogen-bond acceptors (Lipinski definition) is 4. The zero-order valence-corrected chi connectivity index (χ0v) is 9.52. The molecule has 0 aromatic carbocycles. The molecule has 0 saturated carbocycles. The van der Waals surface area contributed by atoms with Gasteiger partial charge >= 0.3 is 0 Å². The van der Waals surface area contributed by atoms with E-state index in [0.29, 0.717) is 6.61 Å². The molecule has 1 aromatic heterocycles. The van der Waals surface area contributed by atoms with Gasteiger partial charge in [0.15, 0.2) is 0 Å². The molecule has 0 radical (unpaired) electrons. The fraction of sp³-hybridized carbons (Fsp3) is 0.417. The Kier molecular flexibility index (Phi) is 3.64. The lowest BCUT2D eigenvalue weighted by Crippen LogP contribution is -2.17. The molecule has 0 spiro atoms. The third kappa shape index (κ3) is 2.66. The van der Waals surface area contributed by atoms with Gasteiger partial charge in [-0.1, -0.05) is 0 Å². The van der Waals surface area contributed by atoms with Gasteiger partial charge in [-0.25, -0.2) is 0 Å². The molecule has 1 N–H and O–H groups in total. The summed E-state index contributed by atoms with van der Waals surface area (Å²) >= 11 is 0. The number of rotatable bonds is 3. The highest BCUT2D eigenvalue weighted by Gasteiger charge is 2.06. The molecule has 4 heteroatoms. The Labute approximate surface area is 95.9 Å². The summed E-state index contributed by atoms with van der Waals surface area (Å²) in [4.78, 5) is 6.36. The molecule has 0 aliphatic carbocycles. The topological polar surface area (TPSA) is 37.4 Å². The second kappa shape index (κ2) is 5.39. The Morgan fingerprint density at radius 1 is 1.50 bits per heavy atom. The van der Waals surface area contributed by atoms with Crippen LogP contribution in [0.3, 0.4) is 0 Å². The van der Waals surface area contributed by atoms with Gasteiger partial charge in [-0.15, -0.1) is 0 Å².